The number of aliphatic hydroxyl groups is 2. The number of hydrogen-bond acceptors (Lipinski definition) is 6. The van der Waals surface area contributed by atoms with Crippen LogP contribution in [0.3, 0.4) is 0 Å². The van der Waals surface area contributed by atoms with Gasteiger partial charge in [0.15, 0.2) is 0 Å². The fraction of sp³-hybridized carbons (Fsp3) is 1.00. The predicted octanol–water partition coefficient (Wildman–Crippen LogP) is -1.23. The van der Waals surface area contributed by atoms with Gasteiger partial charge >= 0.3 is 0 Å². The molecule has 0 aromatic carbocycles. The Labute approximate surface area is 103 Å². The largest absolute Gasteiger partial charge is 0.396 e. The summed E-state index contributed by atoms with van der Waals surface area (Å²) in [4.78, 5) is 9.57. The first-order valence-electron chi connectivity index (χ1n) is 6.43. The van der Waals surface area contributed by atoms with Crippen LogP contribution in [0.15, 0.2) is 0 Å². The zero-order valence-corrected chi connectivity index (χ0v) is 10.5. The van der Waals surface area contributed by atoms with E-state index in [0.29, 0.717) is 0 Å². The van der Waals surface area contributed by atoms with Gasteiger partial charge in [-0.15, -0.1) is 0 Å². The van der Waals surface area contributed by atoms with E-state index < -0.39 is 0 Å². The van der Waals surface area contributed by atoms with Gasteiger partial charge in [-0.2, -0.15) is 0 Å². The normalized spacial score (nSPS) is 30.7. The molecule has 2 aliphatic heterocycles. The lowest BCUT2D eigenvalue weighted by Gasteiger charge is -2.49. The first-order valence-corrected chi connectivity index (χ1v) is 6.43. The van der Waals surface area contributed by atoms with Crippen LogP contribution >= 0.6 is 0 Å². The Morgan fingerprint density at radius 2 is 1.06 bits per heavy atom. The molecule has 0 radical (unpaired) electrons. The van der Waals surface area contributed by atoms with Crippen LogP contribution in [0.4, 0.5) is 0 Å². The molecule has 6 nitrogen and oxygen atoms in total. The van der Waals surface area contributed by atoms with E-state index >= 15 is 0 Å². The summed E-state index contributed by atoms with van der Waals surface area (Å²) in [5.41, 5.74) is 0. The Balaban J connectivity index is 1.76. The second-order valence-corrected chi connectivity index (χ2v) is 4.99. The van der Waals surface area contributed by atoms with Crippen LogP contribution in [0, 0.1) is 0 Å². The van der Waals surface area contributed by atoms with E-state index in [4.69, 9.17) is 10.2 Å². The maximum absolute atomic E-state index is 8.85. The third-order valence-electron chi connectivity index (χ3n) is 3.26. The quantitative estimate of drug-likeness (QED) is 0.610. The Morgan fingerprint density at radius 1 is 0.647 bits per heavy atom. The minimum absolute atomic E-state index is 0.277. The average Bonchev–Trinajstić information content (AvgIpc) is 2.33. The van der Waals surface area contributed by atoms with Crippen LogP contribution < -0.4 is 0 Å². The topological polar surface area (TPSA) is 53.4 Å². The van der Waals surface area contributed by atoms with Crippen molar-refractivity contribution in [1.82, 2.24) is 19.6 Å². The van der Waals surface area contributed by atoms with Gasteiger partial charge in [0.25, 0.3) is 0 Å². The molecule has 2 rings (SSSR count). The molecule has 17 heavy (non-hydrogen) atoms. The number of aliphatic hydroxyl groups excluding tert-OH is 2. The zero-order valence-electron chi connectivity index (χ0n) is 10.5. The summed E-state index contributed by atoms with van der Waals surface area (Å²) in [7, 11) is 0. The molecule has 6 heteroatoms. The Bertz CT molecular complexity index is 196. The summed E-state index contributed by atoms with van der Waals surface area (Å²) in [6.45, 7) is 7.51. The molecule has 0 unspecified atom stereocenters. The SMILES string of the molecule is OCCCN1CN2CN(CCCO)CN(C1)C2. The fourth-order valence-corrected chi connectivity index (χ4v) is 2.64. The fourth-order valence-electron chi connectivity index (χ4n) is 2.64. The third kappa shape index (κ3) is 3.87. The lowest BCUT2D eigenvalue weighted by Crippen LogP contribution is -2.64. The van der Waals surface area contributed by atoms with Crippen molar-refractivity contribution in [2.75, 3.05) is 59.6 Å². The van der Waals surface area contributed by atoms with Gasteiger partial charge in [-0.05, 0) is 12.8 Å². The summed E-state index contributed by atoms with van der Waals surface area (Å²) >= 11 is 0. The monoisotopic (exact) mass is 244 g/mol. The number of hydrogen-bond donors (Lipinski definition) is 2. The molecule has 0 spiro atoms. The molecule has 2 N–H and O–H groups in total. The van der Waals surface area contributed by atoms with Crippen LogP contribution in [-0.4, -0.2) is 89.5 Å². The average molecular weight is 244 g/mol. The van der Waals surface area contributed by atoms with Crippen molar-refractivity contribution in [3.8, 4) is 0 Å². The lowest BCUT2D eigenvalue weighted by atomic mass is 10.3. The second kappa shape index (κ2) is 6.63. The second-order valence-electron chi connectivity index (χ2n) is 4.99. The van der Waals surface area contributed by atoms with Gasteiger partial charge in [-0.1, -0.05) is 0 Å². The van der Waals surface area contributed by atoms with E-state index in [0.717, 1.165) is 59.3 Å². The van der Waals surface area contributed by atoms with Crippen molar-refractivity contribution in [3.05, 3.63) is 0 Å². The highest BCUT2D eigenvalue weighted by atomic mass is 16.3. The third-order valence-corrected chi connectivity index (χ3v) is 3.26. The van der Waals surface area contributed by atoms with Gasteiger partial charge in [0.1, 0.15) is 0 Å². The van der Waals surface area contributed by atoms with E-state index in [-0.39, 0.29) is 13.2 Å². The maximum atomic E-state index is 8.85. The predicted molar refractivity (Wildman–Crippen MR) is 64.8 cm³/mol. The summed E-state index contributed by atoms with van der Waals surface area (Å²) in [6.07, 6.45) is 1.71. The van der Waals surface area contributed by atoms with E-state index in [2.05, 4.69) is 19.6 Å². The molecule has 0 aromatic rings. The zero-order chi connectivity index (χ0) is 12.1. The minimum Gasteiger partial charge on any atom is -0.396 e. The van der Waals surface area contributed by atoms with E-state index in [9.17, 15) is 0 Å². The van der Waals surface area contributed by atoms with Gasteiger partial charge in [-0.3, -0.25) is 19.6 Å². The Hall–Kier alpha value is -0.240. The molecule has 100 valence electrons. The van der Waals surface area contributed by atoms with Gasteiger partial charge in [-0.25, -0.2) is 0 Å². The highest BCUT2D eigenvalue weighted by Crippen LogP contribution is 2.14. The van der Waals surface area contributed by atoms with E-state index in [1.807, 2.05) is 0 Å². The summed E-state index contributed by atoms with van der Waals surface area (Å²) in [5, 5.41) is 17.7. The van der Waals surface area contributed by atoms with Crippen molar-refractivity contribution < 1.29 is 10.2 Å². The van der Waals surface area contributed by atoms with Gasteiger partial charge in [0.2, 0.25) is 0 Å². The van der Waals surface area contributed by atoms with Gasteiger partial charge in [0.05, 0.1) is 33.3 Å². The van der Waals surface area contributed by atoms with E-state index in [1.54, 1.807) is 0 Å². The summed E-state index contributed by atoms with van der Waals surface area (Å²) < 4.78 is 0. The molecular formula is C11H24N4O2. The van der Waals surface area contributed by atoms with Crippen molar-refractivity contribution in [2.24, 2.45) is 0 Å². The standard InChI is InChI=1S/C11H24N4O2/c16-5-1-3-12-7-14-9-13(4-2-6-17)10-15(8-12)11-14/h16-17H,1-11H2. The Kier molecular flexibility index (Phi) is 5.15. The number of fused-ring (bicyclic) bond motifs is 2. The van der Waals surface area contributed by atoms with Crippen molar-refractivity contribution in [3.63, 3.8) is 0 Å². The number of nitrogens with zero attached hydrogens (tertiary/aromatic N) is 4. The summed E-state index contributed by atoms with van der Waals surface area (Å²) in [5.74, 6) is 0. The molecule has 0 atom stereocenters. The lowest BCUT2D eigenvalue weighted by molar-refractivity contribution is -0.121. The van der Waals surface area contributed by atoms with Crippen LogP contribution in [0.1, 0.15) is 12.8 Å². The smallest absolute Gasteiger partial charge is 0.0555 e. The molecule has 2 fully saturated rings. The molecular weight excluding hydrogens is 220 g/mol. The molecule has 0 aliphatic carbocycles. The molecule has 2 bridgehead atoms. The van der Waals surface area contributed by atoms with Crippen molar-refractivity contribution in [2.45, 2.75) is 12.8 Å². The van der Waals surface area contributed by atoms with Gasteiger partial charge < -0.3 is 10.2 Å². The highest BCUT2D eigenvalue weighted by Gasteiger charge is 2.29. The highest BCUT2D eigenvalue weighted by molar-refractivity contribution is 4.74. The van der Waals surface area contributed by atoms with Crippen LogP contribution in [0.5, 0.6) is 0 Å². The van der Waals surface area contributed by atoms with Crippen LogP contribution in [0.25, 0.3) is 0 Å². The maximum Gasteiger partial charge on any atom is 0.0555 e. The minimum atomic E-state index is 0.277. The van der Waals surface area contributed by atoms with Crippen molar-refractivity contribution >= 4 is 0 Å². The van der Waals surface area contributed by atoms with Crippen molar-refractivity contribution in [1.29, 1.82) is 0 Å². The molecule has 2 saturated heterocycles. The van der Waals surface area contributed by atoms with Crippen LogP contribution in [0.2, 0.25) is 0 Å². The van der Waals surface area contributed by atoms with Crippen LogP contribution in [-0.2, 0) is 0 Å². The van der Waals surface area contributed by atoms with Gasteiger partial charge in [0, 0.05) is 26.3 Å². The molecule has 0 aromatic heterocycles. The first-order chi connectivity index (χ1) is 8.31. The molecule has 0 amide bonds. The summed E-state index contributed by atoms with van der Waals surface area (Å²) in [6, 6.07) is 0. The molecule has 2 heterocycles. The first kappa shape index (κ1) is 13.2. The van der Waals surface area contributed by atoms with E-state index in [1.165, 1.54) is 0 Å². The molecule has 0 saturated carbocycles. The Morgan fingerprint density at radius 3 is 1.41 bits per heavy atom. The number of rotatable bonds is 6. The molecule has 2 aliphatic rings.